The van der Waals surface area contributed by atoms with Crippen molar-refractivity contribution in [1.82, 2.24) is 15.1 Å². The molecule has 24 heavy (non-hydrogen) atoms. The molecule has 2 amide bonds. The Morgan fingerprint density at radius 3 is 2.21 bits per heavy atom. The molecule has 0 aliphatic carbocycles. The minimum absolute atomic E-state index is 0. The van der Waals surface area contributed by atoms with E-state index in [4.69, 9.17) is 0 Å². The quantitative estimate of drug-likeness (QED) is 0.791. The van der Waals surface area contributed by atoms with Gasteiger partial charge in [-0.2, -0.15) is 0 Å². The number of benzene rings is 1. The van der Waals surface area contributed by atoms with Crippen LogP contribution in [-0.2, 0) is 16.0 Å². The number of rotatable bonds is 6. The van der Waals surface area contributed by atoms with Crippen molar-refractivity contribution in [2.75, 3.05) is 39.8 Å². The summed E-state index contributed by atoms with van der Waals surface area (Å²) in [6, 6.07) is 8.00. The van der Waals surface area contributed by atoms with Gasteiger partial charge in [-0.1, -0.05) is 24.3 Å². The van der Waals surface area contributed by atoms with Gasteiger partial charge in [0, 0.05) is 32.6 Å². The SMILES string of the molecule is CNCCCC(=O)N1CCN(C(=O)Cc2ccccc2C)CC1.Cl. The lowest BCUT2D eigenvalue weighted by Crippen LogP contribution is -2.51. The summed E-state index contributed by atoms with van der Waals surface area (Å²) in [5.41, 5.74) is 2.24. The van der Waals surface area contributed by atoms with Crippen molar-refractivity contribution in [3.05, 3.63) is 35.4 Å². The molecule has 5 nitrogen and oxygen atoms in total. The Morgan fingerprint density at radius 2 is 1.62 bits per heavy atom. The van der Waals surface area contributed by atoms with Crippen LogP contribution in [0, 0.1) is 6.92 Å². The summed E-state index contributed by atoms with van der Waals surface area (Å²) >= 11 is 0. The molecule has 1 aromatic carbocycles. The second-order valence-corrected chi connectivity index (χ2v) is 6.07. The minimum Gasteiger partial charge on any atom is -0.339 e. The van der Waals surface area contributed by atoms with Crippen LogP contribution in [0.15, 0.2) is 24.3 Å². The highest BCUT2D eigenvalue weighted by Gasteiger charge is 2.23. The molecule has 0 saturated carbocycles. The van der Waals surface area contributed by atoms with Crippen LogP contribution in [-0.4, -0.2) is 61.4 Å². The van der Waals surface area contributed by atoms with Gasteiger partial charge in [0.2, 0.25) is 11.8 Å². The molecule has 1 heterocycles. The number of halogens is 1. The van der Waals surface area contributed by atoms with E-state index in [1.54, 1.807) is 0 Å². The van der Waals surface area contributed by atoms with Crippen molar-refractivity contribution in [1.29, 1.82) is 0 Å². The maximum absolute atomic E-state index is 12.4. The van der Waals surface area contributed by atoms with E-state index in [1.165, 1.54) is 0 Å². The van der Waals surface area contributed by atoms with Crippen LogP contribution in [0.25, 0.3) is 0 Å². The van der Waals surface area contributed by atoms with Crippen LogP contribution in [0.2, 0.25) is 0 Å². The smallest absolute Gasteiger partial charge is 0.227 e. The number of nitrogens with one attached hydrogen (secondary N) is 1. The number of aryl methyl sites for hydroxylation is 1. The molecule has 6 heteroatoms. The van der Waals surface area contributed by atoms with Gasteiger partial charge < -0.3 is 15.1 Å². The van der Waals surface area contributed by atoms with E-state index in [0.717, 1.165) is 24.1 Å². The third-order valence-electron chi connectivity index (χ3n) is 4.41. The van der Waals surface area contributed by atoms with Crippen molar-refractivity contribution >= 4 is 24.2 Å². The van der Waals surface area contributed by atoms with Gasteiger partial charge in [0.15, 0.2) is 0 Å². The van der Waals surface area contributed by atoms with Crippen LogP contribution in [0.4, 0.5) is 0 Å². The summed E-state index contributed by atoms with van der Waals surface area (Å²) in [7, 11) is 1.89. The molecule has 2 rings (SSSR count). The zero-order valence-corrected chi connectivity index (χ0v) is 15.4. The third kappa shape index (κ3) is 5.80. The predicted molar refractivity (Wildman–Crippen MR) is 98.5 cm³/mol. The summed E-state index contributed by atoms with van der Waals surface area (Å²) in [4.78, 5) is 28.3. The number of nitrogens with zero attached hydrogens (tertiary/aromatic N) is 2. The fourth-order valence-electron chi connectivity index (χ4n) is 2.86. The molecule has 1 N–H and O–H groups in total. The standard InChI is InChI=1S/C18H27N3O2.ClH/c1-15-6-3-4-7-16(15)14-18(23)21-12-10-20(11-13-21)17(22)8-5-9-19-2;/h3-4,6-7,19H,5,8-14H2,1-2H3;1H. The maximum Gasteiger partial charge on any atom is 0.227 e. The molecule has 1 aliphatic rings. The summed E-state index contributed by atoms with van der Waals surface area (Å²) < 4.78 is 0. The molecule has 0 aromatic heterocycles. The Labute approximate surface area is 150 Å². The predicted octanol–water partition coefficient (Wildman–Crippen LogP) is 1.63. The first-order chi connectivity index (χ1) is 11.1. The van der Waals surface area contributed by atoms with Crippen molar-refractivity contribution in [3.8, 4) is 0 Å². The average molecular weight is 354 g/mol. The molecular weight excluding hydrogens is 326 g/mol. The first-order valence-corrected chi connectivity index (χ1v) is 8.36. The second kappa shape index (κ2) is 10.3. The first kappa shape index (κ1) is 20.5. The van der Waals surface area contributed by atoms with Crippen LogP contribution >= 0.6 is 12.4 Å². The zero-order valence-electron chi connectivity index (χ0n) is 14.6. The van der Waals surface area contributed by atoms with Crippen molar-refractivity contribution in [2.45, 2.75) is 26.2 Å². The van der Waals surface area contributed by atoms with Crippen LogP contribution in [0.1, 0.15) is 24.0 Å². The van der Waals surface area contributed by atoms with Gasteiger partial charge in [0.05, 0.1) is 6.42 Å². The average Bonchev–Trinajstić information content (AvgIpc) is 2.57. The van der Waals surface area contributed by atoms with Gasteiger partial charge in [-0.3, -0.25) is 9.59 Å². The summed E-state index contributed by atoms with van der Waals surface area (Å²) in [5, 5.41) is 3.05. The van der Waals surface area contributed by atoms with Crippen LogP contribution in [0.5, 0.6) is 0 Å². The molecule has 1 saturated heterocycles. The Bertz CT molecular complexity index is 543. The number of carbonyl (C=O) groups is 2. The normalized spacial score (nSPS) is 14.2. The molecule has 0 unspecified atom stereocenters. The molecule has 1 aromatic rings. The van der Waals surface area contributed by atoms with Gasteiger partial charge in [-0.15, -0.1) is 12.4 Å². The fourth-order valence-corrected chi connectivity index (χ4v) is 2.86. The van der Waals surface area contributed by atoms with Gasteiger partial charge in [0.25, 0.3) is 0 Å². The number of hydrogen-bond donors (Lipinski definition) is 1. The molecule has 1 aliphatic heterocycles. The number of hydrogen-bond acceptors (Lipinski definition) is 3. The Balaban J connectivity index is 0.00000288. The first-order valence-electron chi connectivity index (χ1n) is 8.36. The number of carbonyl (C=O) groups excluding carboxylic acids is 2. The minimum atomic E-state index is 0. The van der Waals surface area contributed by atoms with Crippen LogP contribution < -0.4 is 5.32 Å². The van der Waals surface area contributed by atoms with Gasteiger partial charge in [-0.05, 0) is 38.1 Å². The van der Waals surface area contributed by atoms with Crippen molar-refractivity contribution in [2.24, 2.45) is 0 Å². The van der Waals surface area contributed by atoms with Gasteiger partial charge in [0.1, 0.15) is 0 Å². The molecular formula is C18H28ClN3O2. The Hall–Kier alpha value is -1.59. The molecule has 0 atom stereocenters. The molecule has 0 bridgehead atoms. The molecule has 134 valence electrons. The van der Waals surface area contributed by atoms with Gasteiger partial charge >= 0.3 is 0 Å². The van der Waals surface area contributed by atoms with Crippen molar-refractivity contribution in [3.63, 3.8) is 0 Å². The van der Waals surface area contributed by atoms with E-state index in [0.29, 0.717) is 39.0 Å². The highest BCUT2D eigenvalue weighted by molar-refractivity contribution is 5.85. The van der Waals surface area contributed by atoms with E-state index in [-0.39, 0.29) is 24.2 Å². The van der Waals surface area contributed by atoms with E-state index in [9.17, 15) is 9.59 Å². The molecule has 0 radical (unpaired) electrons. The fraction of sp³-hybridized carbons (Fsp3) is 0.556. The third-order valence-corrected chi connectivity index (χ3v) is 4.41. The number of amides is 2. The summed E-state index contributed by atoms with van der Waals surface area (Å²) in [5.74, 6) is 0.354. The van der Waals surface area contributed by atoms with Crippen LogP contribution in [0.3, 0.4) is 0 Å². The number of piperazine rings is 1. The Morgan fingerprint density at radius 1 is 1.04 bits per heavy atom. The highest BCUT2D eigenvalue weighted by Crippen LogP contribution is 2.11. The molecule has 0 spiro atoms. The molecule has 1 fully saturated rings. The largest absolute Gasteiger partial charge is 0.339 e. The topological polar surface area (TPSA) is 52.7 Å². The lowest BCUT2D eigenvalue weighted by Gasteiger charge is -2.35. The summed E-state index contributed by atoms with van der Waals surface area (Å²) in [6.45, 7) is 5.48. The zero-order chi connectivity index (χ0) is 16.7. The Kier molecular flexibility index (Phi) is 8.79. The summed E-state index contributed by atoms with van der Waals surface area (Å²) in [6.07, 6.45) is 1.89. The highest BCUT2D eigenvalue weighted by atomic mass is 35.5. The second-order valence-electron chi connectivity index (χ2n) is 6.07. The monoisotopic (exact) mass is 353 g/mol. The van der Waals surface area contributed by atoms with E-state index in [1.807, 2.05) is 48.0 Å². The lowest BCUT2D eigenvalue weighted by molar-refractivity contribution is -0.139. The van der Waals surface area contributed by atoms with E-state index < -0.39 is 0 Å². The van der Waals surface area contributed by atoms with E-state index >= 15 is 0 Å². The lowest BCUT2D eigenvalue weighted by atomic mass is 10.1. The van der Waals surface area contributed by atoms with Crippen molar-refractivity contribution < 1.29 is 9.59 Å². The maximum atomic E-state index is 12.4. The van der Waals surface area contributed by atoms with E-state index in [2.05, 4.69) is 5.32 Å². The van der Waals surface area contributed by atoms with Gasteiger partial charge in [-0.25, -0.2) is 0 Å².